The summed E-state index contributed by atoms with van der Waals surface area (Å²) in [6, 6.07) is 2.25. The van der Waals surface area contributed by atoms with Gasteiger partial charge in [-0.05, 0) is 6.07 Å². The van der Waals surface area contributed by atoms with Gasteiger partial charge in [-0.3, -0.25) is 4.79 Å². The van der Waals surface area contributed by atoms with Gasteiger partial charge in [0.15, 0.2) is 5.82 Å². The molecular formula is C11H13FN6O. The average Bonchev–Trinajstić information content (AvgIpc) is 2.33. The number of nitrogens with zero attached hydrogens (tertiary/aromatic N) is 5. The van der Waals surface area contributed by atoms with Crippen molar-refractivity contribution in [2.45, 2.75) is 6.54 Å². The van der Waals surface area contributed by atoms with Crippen molar-refractivity contribution in [3.8, 4) is 0 Å². The zero-order chi connectivity index (χ0) is 14.0. The third kappa shape index (κ3) is 3.03. The number of nitrogen functional groups attached to an aromatic ring is 1. The summed E-state index contributed by atoms with van der Waals surface area (Å²) in [4.78, 5) is 25.2. The second kappa shape index (κ2) is 5.01. The maximum Gasteiger partial charge on any atom is 0.251 e. The van der Waals surface area contributed by atoms with Crippen LogP contribution in [0.4, 0.5) is 16.3 Å². The molecule has 0 saturated carbocycles. The molecule has 0 spiro atoms. The van der Waals surface area contributed by atoms with Gasteiger partial charge in [0, 0.05) is 26.4 Å². The molecular weight excluding hydrogens is 251 g/mol. The lowest BCUT2D eigenvalue weighted by Crippen LogP contribution is -2.22. The molecule has 2 rings (SSSR count). The normalized spacial score (nSPS) is 10.5. The van der Waals surface area contributed by atoms with E-state index in [-0.39, 0.29) is 18.1 Å². The van der Waals surface area contributed by atoms with E-state index in [2.05, 4.69) is 15.0 Å². The smallest absolute Gasteiger partial charge is 0.251 e. The molecule has 0 aliphatic rings. The Morgan fingerprint density at radius 1 is 1.32 bits per heavy atom. The van der Waals surface area contributed by atoms with Crippen molar-refractivity contribution in [1.29, 1.82) is 0 Å². The summed E-state index contributed by atoms with van der Waals surface area (Å²) in [5.74, 6) is 0.225. The minimum absolute atomic E-state index is 0.0319. The second-order valence-electron chi connectivity index (χ2n) is 4.12. The average molecular weight is 264 g/mol. The van der Waals surface area contributed by atoms with Crippen LogP contribution in [0.5, 0.6) is 0 Å². The first kappa shape index (κ1) is 12.9. The molecule has 0 atom stereocenters. The second-order valence-corrected chi connectivity index (χ2v) is 4.12. The largest absolute Gasteiger partial charge is 0.368 e. The van der Waals surface area contributed by atoms with Crippen molar-refractivity contribution in [3.63, 3.8) is 0 Å². The summed E-state index contributed by atoms with van der Waals surface area (Å²) in [6.07, 6.45) is 1.09. The minimum atomic E-state index is -0.505. The quantitative estimate of drug-likeness (QED) is 0.830. The van der Waals surface area contributed by atoms with Gasteiger partial charge in [0.05, 0.1) is 6.54 Å². The monoisotopic (exact) mass is 264 g/mol. The number of pyridine rings is 1. The molecule has 0 amide bonds. The lowest BCUT2D eigenvalue weighted by molar-refractivity contribution is 0.590. The lowest BCUT2D eigenvalue weighted by atomic mass is 10.4. The molecule has 2 aromatic heterocycles. The van der Waals surface area contributed by atoms with Crippen molar-refractivity contribution < 1.29 is 4.39 Å². The molecule has 7 nitrogen and oxygen atoms in total. The van der Waals surface area contributed by atoms with Gasteiger partial charge in [-0.25, -0.2) is 4.39 Å². The van der Waals surface area contributed by atoms with Gasteiger partial charge < -0.3 is 15.2 Å². The van der Waals surface area contributed by atoms with Gasteiger partial charge >= 0.3 is 0 Å². The topological polar surface area (TPSA) is 89.9 Å². The maximum atomic E-state index is 13.1. The summed E-state index contributed by atoms with van der Waals surface area (Å²) < 4.78 is 14.3. The highest BCUT2D eigenvalue weighted by atomic mass is 19.1. The zero-order valence-corrected chi connectivity index (χ0v) is 10.5. The van der Waals surface area contributed by atoms with E-state index >= 15 is 0 Å². The molecule has 0 fully saturated rings. The van der Waals surface area contributed by atoms with E-state index in [4.69, 9.17) is 5.73 Å². The van der Waals surface area contributed by atoms with E-state index < -0.39 is 5.82 Å². The van der Waals surface area contributed by atoms with Crippen LogP contribution in [0.3, 0.4) is 0 Å². The minimum Gasteiger partial charge on any atom is -0.368 e. The molecule has 0 aliphatic carbocycles. The van der Waals surface area contributed by atoms with Crippen LogP contribution in [0.15, 0.2) is 23.1 Å². The van der Waals surface area contributed by atoms with Crippen LogP contribution in [0.25, 0.3) is 0 Å². The predicted molar refractivity (Wildman–Crippen MR) is 68.3 cm³/mol. The van der Waals surface area contributed by atoms with Crippen molar-refractivity contribution in [1.82, 2.24) is 19.5 Å². The van der Waals surface area contributed by atoms with Gasteiger partial charge in [0.1, 0.15) is 5.82 Å². The number of nitrogens with two attached hydrogens (primary N) is 1. The number of rotatable bonds is 3. The van der Waals surface area contributed by atoms with E-state index in [9.17, 15) is 9.18 Å². The summed E-state index contributed by atoms with van der Waals surface area (Å²) in [6.45, 7) is 0.0319. The first-order chi connectivity index (χ1) is 8.95. The zero-order valence-electron chi connectivity index (χ0n) is 10.5. The van der Waals surface area contributed by atoms with Crippen molar-refractivity contribution >= 4 is 11.9 Å². The Bertz CT molecular complexity index is 654. The van der Waals surface area contributed by atoms with Crippen LogP contribution >= 0.6 is 0 Å². The van der Waals surface area contributed by atoms with Gasteiger partial charge in [-0.1, -0.05) is 0 Å². The van der Waals surface area contributed by atoms with Gasteiger partial charge in [0.2, 0.25) is 11.9 Å². The molecule has 0 unspecified atom stereocenters. The Morgan fingerprint density at radius 2 is 2.05 bits per heavy atom. The Labute approximate surface area is 108 Å². The van der Waals surface area contributed by atoms with E-state index in [0.717, 1.165) is 18.3 Å². The summed E-state index contributed by atoms with van der Waals surface area (Å²) >= 11 is 0. The highest BCUT2D eigenvalue weighted by molar-refractivity contribution is 5.32. The van der Waals surface area contributed by atoms with Crippen LogP contribution in [-0.2, 0) is 6.54 Å². The number of anilines is 2. The van der Waals surface area contributed by atoms with Crippen LogP contribution < -0.4 is 16.2 Å². The van der Waals surface area contributed by atoms with Crippen molar-refractivity contribution in [2.75, 3.05) is 24.7 Å². The molecule has 0 saturated heterocycles. The molecule has 2 aromatic rings. The molecule has 2 N–H and O–H groups in total. The fraction of sp³-hybridized carbons (Fsp3) is 0.273. The molecule has 0 radical (unpaired) electrons. The molecule has 19 heavy (non-hydrogen) atoms. The third-order valence-electron chi connectivity index (χ3n) is 2.35. The molecule has 2 heterocycles. The van der Waals surface area contributed by atoms with E-state index in [1.165, 1.54) is 4.57 Å². The first-order valence-electron chi connectivity index (χ1n) is 5.49. The van der Waals surface area contributed by atoms with Gasteiger partial charge in [-0.15, -0.1) is 0 Å². The Balaban J connectivity index is 2.38. The Hall–Kier alpha value is -2.51. The molecule has 0 aliphatic heterocycles. The number of hydrogen-bond donors (Lipinski definition) is 1. The molecule has 0 bridgehead atoms. The molecule has 100 valence electrons. The van der Waals surface area contributed by atoms with Crippen LogP contribution in [0.2, 0.25) is 0 Å². The van der Waals surface area contributed by atoms with Crippen LogP contribution in [0, 0.1) is 5.82 Å². The fourth-order valence-corrected chi connectivity index (χ4v) is 1.47. The van der Waals surface area contributed by atoms with E-state index in [0.29, 0.717) is 11.8 Å². The van der Waals surface area contributed by atoms with Gasteiger partial charge in [0.25, 0.3) is 5.56 Å². The molecule has 0 aromatic carbocycles. The van der Waals surface area contributed by atoms with Crippen LogP contribution in [-0.4, -0.2) is 33.6 Å². The van der Waals surface area contributed by atoms with Gasteiger partial charge in [-0.2, -0.15) is 15.0 Å². The fourth-order valence-electron chi connectivity index (χ4n) is 1.47. The van der Waals surface area contributed by atoms with E-state index in [1.807, 2.05) is 0 Å². The third-order valence-corrected chi connectivity index (χ3v) is 2.35. The SMILES string of the molecule is CN(C)c1nc(N)nc(Cn2cc(F)ccc2=O)n1. The number of hydrogen-bond acceptors (Lipinski definition) is 6. The summed E-state index contributed by atoms with van der Waals surface area (Å²) in [5.41, 5.74) is 5.23. The number of halogens is 1. The number of aromatic nitrogens is 4. The Kier molecular flexibility index (Phi) is 3.41. The van der Waals surface area contributed by atoms with Crippen molar-refractivity contribution in [2.24, 2.45) is 0 Å². The maximum absolute atomic E-state index is 13.1. The molecule has 8 heteroatoms. The lowest BCUT2D eigenvalue weighted by Gasteiger charge is -2.12. The predicted octanol–water partition coefficient (Wildman–Crippen LogP) is -0.131. The van der Waals surface area contributed by atoms with Crippen LogP contribution in [0.1, 0.15) is 5.82 Å². The standard InChI is InChI=1S/C11H13FN6O/c1-17(2)11-15-8(14-10(13)16-11)6-18-5-7(12)3-4-9(18)19/h3-5H,6H2,1-2H3,(H2,13,14,15,16). The van der Waals surface area contributed by atoms with E-state index in [1.54, 1.807) is 19.0 Å². The Morgan fingerprint density at radius 3 is 2.74 bits per heavy atom. The summed E-state index contributed by atoms with van der Waals surface area (Å²) in [5, 5.41) is 0. The highest BCUT2D eigenvalue weighted by Gasteiger charge is 2.08. The highest BCUT2D eigenvalue weighted by Crippen LogP contribution is 2.06. The summed E-state index contributed by atoms with van der Waals surface area (Å²) in [7, 11) is 3.51. The first-order valence-corrected chi connectivity index (χ1v) is 5.49. The van der Waals surface area contributed by atoms with Crippen molar-refractivity contribution in [3.05, 3.63) is 40.3 Å².